The molecular formula is C4H14NO4Rh-. The molecule has 2 N–H and O–H groups in total. The fourth-order valence-electron chi connectivity index (χ4n) is 0.0745. The first-order chi connectivity index (χ1) is 4.41. The molecule has 0 spiro atoms. The molecule has 69 valence electrons. The summed E-state index contributed by atoms with van der Waals surface area (Å²) in [6.45, 7) is 0. The third-order valence-corrected chi connectivity index (χ3v) is 0.149. The first-order valence-electron chi connectivity index (χ1n) is 2.08. The van der Waals surface area contributed by atoms with Crippen molar-refractivity contribution in [3.05, 3.63) is 5.64 Å². The molecule has 0 saturated heterocycles. The summed E-state index contributed by atoms with van der Waals surface area (Å²) in [6.07, 6.45) is 0. The second kappa shape index (κ2) is 57.1. The number of hydrogen-bond donors (Lipinski definition) is 2. The molecule has 1 radical (unpaired) electrons. The first-order valence-corrected chi connectivity index (χ1v) is 2.08. The maximum absolute atomic E-state index is 7.00. The largest absolute Gasteiger partial charge is 0.465 e. The van der Waals surface area contributed by atoms with Gasteiger partial charge in [0.05, 0.1) is 0 Å². The van der Waals surface area contributed by atoms with Gasteiger partial charge in [0.1, 0.15) is 0 Å². The Morgan fingerprint density at radius 1 is 0.900 bits per heavy atom. The van der Waals surface area contributed by atoms with Crippen LogP contribution in [0.1, 0.15) is 0 Å². The maximum atomic E-state index is 7.00. The third kappa shape index (κ3) is 79.0. The molecule has 0 saturated carbocycles. The van der Waals surface area contributed by atoms with E-state index in [1.807, 2.05) is 0 Å². The van der Waals surface area contributed by atoms with Gasteiger partial charge in [0, 0.05) is 47.9 Å². The van der Waals surface area contributed by atoms with Gasteiger partial charge in [0.2, 0.25) is 0 Å². The van der Waals surface area contributed by atoms with Gasteiger partial charge in [0.15, 0.2) is 0 Å². The van der Waals surface area contributed by atoms with Crippen molar-refractivity contribution in [2.45, 2.75) is 0 Å². The van der Waals surface area contributed by atoms with Crippen LogP contribution in [0.15, 0.2) is 0 Å². The summed E-state index contributed by atoms with van der Waals surface area (Å²) in [4.78, 5) is 8.19. The van der Waals surface area contributed by atoms with E-state index in [1.165, 1.54) is 14.2 Å². The first kappa shape index (κ1) is 22.4. The van der Waals surface area contributed by atoms with Crippen molar-refractivity contribution >= 4 is 0 Å². The van der Waals surface area contributed by atoms with Gasteiger partial charge >= 0.3 is 0 Å². The Morgan fingerprint density at radius 2 is 1.10 bits per heavy atom. The summed E-state index contributed by atoms with van der Waals surface area (Å²) in [6, 6.07) is 0. The Balaban J connectivity index is -0.0000000315. The number of hydrogen-bond acceptors (Lipinski definition) is 4. The molecule has 0 aromatic rings. The van der Waals surface area contributed by atoms with Crippen molar-refractivity contribution in [3.63, 3.8) is 0 Å². The molecule has 0 aliphatic carbocycles. The fourth-order valence-corrected chi connectivity index (χ4v) is 0.0745. The van der Waals surface area contributed by atoms with Crippen molar-refractivity contribution < 1.29 is 39.4 Å². The molecule has 0 atom stereocenters. The number of aliphatic hydroxyl groups is 2. The van der Waals surface area contributed by atoms with Gasteiger partial charge in [-0.1, -0.05) is 0 Å². The van der Waals surface area contributed by atoms with E-state index in [0.29, 0.717) is 0 Å². The molecule has 0 aliphatic rings. The van der Waals surface area contributed by atoms with Crippen LogP contribution in [0.4, 0.5) is 0 Å². The summed E-state index contributed by atoms with van der Waals surface area (Å²) >= 11 is 0. The van der Waals surface area contributed by atoms with Crippen LogP contribution in [0.25, 0.3) is 5.64 Å². The van der Waals surface area contributed by atoms with Crippen LogP contribution in [0.3, 0.4) is 0 Å². The van der Waals surface area contributed by atoms with Crippen LogP contribution in [0, 0.1) is 0 Å². The smallest absolute Gasteiger partial charge is 0.0319 e. The summed E-state index contributed by atoms with van der Waals surface area (Å²) in [7, 11) is 4.84. The molecule has 5 nitrogen and oxygen atoms in total. The van der Waals surface area contributed by atoms with Crippen LogP contribution in [-0.4, -0.2) is 38.7 Å². The van der Waals surface area contributed by atoms with E-state index in [0.717, 1.165) is 14.2 Å². The van der Waals surface area contributed by atoms with Gasteiger partial charge in [0.25, 0.3) is 0 Å². The predicted octanol–water partition coefficient (Wildman–Crippen LogP) is -0.303. The number of rotatable bonds is 2. The summed E-state index contributed by atoms with van der Waals surface area (Å²) in [5, 5.41) is 14.0. The minimum absolute atomic E-state index is 0. The molecule has 10 heavy (non-hydrogen) atoms. The van der Waals surface area contributed by atoms with E-state index >= 15 is 0 Å². The van der Waals surface area contributed by atoms with E-state index in [-0.39, 0.29) is 19.5 Å². The van der Waals surface area contributed by atoms with Crippen molar-refractivity contribution in [2.24, 2.45) is 0 Å². The van der Waals surface area contributed by atoms with Gasteiger partial charge in [-0.3, -0.25) is 0 Å². The Kier molecular flexibility index (Phi) is 128. The molecule has 0 rings (SSSR count). The molecule has 0 unspecified atom stereocenters. The predicted molar refractivity (Wildman–Crippen MR) is 33.7 cm³/mol. The van der Waals surface area contributed by atoms with Crippen LogP contribution >= 0.6 is 0 Å². The molecule has 0 amide bonds. The van der Waals surface area contributed by atoms with Crippen molar-refractivity contribution in [3.8, 4) is 0 Å². The molecular weight excluding hydrogens is 229 g/mol. The zero-order chi connectivity index (χ0) is 8.12. The Hall–Kier alpha value is 0.423. The average Bonchev–Trinajstić information content (AvgIpc) is 1.98. The Morgan fingerprint density at radius 3 is 1.10 bits per heavy atom. The minimum Gasteiger partial charge on any atom is -0.465 e. The summed E-state index contributed by atoms with van der Waals surface area (Å²) in [5.74, 6) is 0. The standard InChI is InChI=1S/C2H6NO2.2CH4O.Rh/c1-4-3-5-2;2*1-2;/h1-2H3;2*2H,1H3;/q-1;;;. The maximum Gasteiger partial charge on any atom is 0.0319 e. The molecule has 0 aromatic heterocycles. The van der Waals surface area contributed by atoms with Crippen molar-refractivity contribution in [1.29, 1.82) is 0 Å². The van der Waals surface area contributed by atoms with Crippen LogP contribution in [-0.2, 0) is 29.2 Å². The van der Waals surface area contributed by atoms with Crippen LogP contribution in [0.2, 0.25) is 0 Å². The van der Waals surface area contributed by atoms with Gasteiger partial charge in [-0.15, -0.1) is 0 Å². The van der Waals surface area contributed by atoms with Gasteiger partial charge in [-0.2, -0.15) is 0 Å². The summed E-state index contributed by atoms with van der Waals surface area (Å²) < 4.78 is 0. The number of nitrogens with zero attached hydrogens (tertiary/aromatic N) is 1. The second-order valence-electron chi connectivity index (χ2n) is 0.440. The Bertz CT molecular complexity index is 24.7. The van der Waals surface area contributed by atoms with Crippen LogP contribution < -0.4 is 0 Å². The van der Waals surface area contributed by atoms with Crippen molar-refractivity contribution in [1.82, 2.24) is 0 Å². The zero-order valence-corrected chi connectivity index (χ0v) is 8.13. The molecule has 0 bridgehead atoms. The van der Waals surface area contributed by atoms with Crippen molar-refractivity contribution in [2.75, 3.05) is 28.4 Å². The van der Waals surface area contributed by atoms with Crippen LogP contribution in [0.5, 0.6) is 0 Å². The van der Waals surface area contributed by atoms with E-state index in [2.05, 4.69) is 15.3 Å². The van der Waals surface area contributed by atoms with E-state index < -0.39 is 0 Å². The number of aliphatic hydroxyl groups excluding tert-OH is 2. The van der Waals surface area contributed by atoms with E-state index in [4.69, 9.17) is 10.2 Å². The Labute approximate surface area is 74.0 Å². The minimum atomic E-state index is 0. The third-order valence-electron chi connectivity index (χ3n) is 0.149. The van der Waals surface area contributed by atoms with Gasteiger partial charge < -0.3 is 25.5 Å². The zero-order valence-electron chi connectivity index (χ0n) is 6.49. The molecule has 0 aliphatic heterocycles. The van der Waals surface area contributed by atoms with E-state index in [1.54, 1.807) is 0 Å². The van der Waals surface area contributed by atoms with E-state index in [9.17, 15) is 0 Å². The molecule has 0 heterocycles. The topological polar surface area (TPSA) is 73.0 Å². The molecule has 6 heteroatoms. The monoisotopic (exact) mass is 243 g/mol. The second-order valence-corrected chi connectivity index (χ2v) is 0.440. The SMILES string of the molecule is CO.CO.CO[N-]OC.[Rh]. The fraction of sp³-hybridized carbons (Fsp3) is 1.00. The molecule has 0 fully saturated rings. The average molecular weight is 243 g/mol. The normalized spacial score (nSPS) is 5.40. The van der Waals surface area contributed by atoms with Gasteiger partial charge in [-0.05, 0) is 0 Å². The molecule has 0 aromatic carbocycles. The van der Waals surface area contributed by atoms with Gasteiger partial charge in [-0.25, -0.2) is 0 Å². The summed E-state index contributed by atoms with van der Waals surface area (Å²) in [5.41, 5.74) is 2.97. The quantitative estimate of drug-likeness (QED) is 0.515.